The lowest BCUT2D eigenvalue weighted by Gasteiger charge is -2.12. The quantitative estimate of drug-likeness (QED) is 0.478. The standard InChI is InChI=1S/C20H18N4O3S/c1-2-26-16-10-9-13-6-3-4-8-15(13)17(16)18(25)22-20-24-23-19(28-20)21-12-14-7-5-11-27-14/h3-11H,2,12H2,1H3,(H,21,23)(H,22,24,25). The number of carbonyl (C=O) groups excluding carboxylic acids is 1. The molecule has 2 heterocycles. The van der Waals surface area contributed by atoms with E-state index in [0.717, 1.165) is 16.5 Å². The highest BCUT2D eigenvalue weighted by Gasteiger charge is 2.18. The molecule has 0 aliphatic carbocycles. The van der Waals surface area contributed by atoms with Gasteiger partial charge in [0.1, 0.15) is 11.5 Å². The Morgan fingerprint density at radius 2 is 1.96 bits per heavy atom. The summed E-state index contributed by atoms with van der Waals surface area (Å²) in [5.74, 6) is 1.05. The molecule has 2 aromatic carbocycles. The minimum absolute atomic E-state index is 0.283. The highest BCUT2D eigenvalue weighted by molar-refractivity contribution is 7.19. The summed E-state index contributed by atoms with van der Waals surface area (Å²) in [5.41, 5.74) is 0.486. The van der Waals surface area contributed by atoms with Crippen LogP contribution in [-0.4, -0.2) is 22.7 Å². The molecule has 0 atom stereocenters. The molecule has 0 saturated carbocycles. The molecule has 7 nitrogen and oxygen atoms in total. The molecule has 142 valence electrons. The Morgan fingerprint density at radius 3 is 2.79 bits per heavy atom. The SMILES string of the molecule is CCOc1ccc2ccccc2c1C(=O)Nc1nnc(NCc2ccco2)s1. The van der Waals surface area contributed by atoms with E-state index >= 15 is 0 Å². The first-order valence-corrected chi connectivity index (χ1v) is 9.62. The number of nitrogens with zero attached hydrogens (tertiary/aromatic N) is 2. The maximum Gasteiger partial charge on any atom is 0.261 e. The fraction of sp³-hybridized carbons (Fsp3) is 0.150. The van der Waals surface area contributed by atoms with Crippen LogP contribution in [0.3, 0.4) is 0 Å². The van der Waals surface area contributed by atoms with E-state index in [1.54, 1.807) is 6.26 Å². The molecule has 0 aliphatic heterocycles. The highest BCUT2D eigenvalue weighted by Crippen LogP contribution is 2.30. The van der Waals surface area contributed by atoms with Crippen LogP contribution in [0, 0.1) is 0 Å². The number of aromatic nitrogens is 2. The van der Waals surface area contributed by atoms with E-state index in [2.05, 4.69) is 20.8 Å². The van der Waals surface area contributed by atoms with E-state index in [4.69, 9.17) is 9.15 Å². The molecular formula is C20H18N4O3S. The zero-order valence-corrected chi connectivity index (χ0v) is 16.0. The van der Waals surface area contributed by atoms with Gasteiger partial charge in [-0.05, 0) is 35.9 Å². The van der Waals surface area contributed by atoms with Crippen LogP contribution in [0.15, 0.2) is 59.2 Å². The summed E-state index contributed by atoms with van der Waals surface area (Å²) in [7, 11) is 0. The molecule has 0 bridgehead atoms. The molecular weight excluding hydrogens is 376 g/mol. The van der Waals surface area contributed by atoms with Crippen molar-refractivity contribution in [2.24, 2.45) is 0 Å². The summed E-state index contributed by atoms with van der Waals surface area (Å²) >= 11 is 1.25. The Kier molecular flexibility index (Phi) is 5.20. The second kappa shape index (κ2) is 8.10. The average molecular weight is 394 g/mol. The monoisotopic (exact) mass is 394 g/mol. The van der Waals surface area contributed by atoms with Gasteiger partial charge in [0, 0.05) is 0 Å². The normalized spacial score (nSPS) is 10.8. The molecule has 0 radical (unpaired) electrons. The van der Waals surface area contributed by atoms with Crippen LogP contribution >= 0.6 is 11.3 Å². The van der Waals surface area contributed by atoms with Gasteiger partial charge in [-0.2, -0.15) is 0 Å². The Labute approximate surface area is 165 Å². The van der Waals surface area contributed by atoms with Crippen molar-refractivity contribution in [1.29, 1.82) is 0 Å². The predicted octanol–water partition coefficient (Wildman–Crippen LogP) is 4.55. The summed E-state index contributed by atoms with van der Waals surface area (Å²) < 4.78 is 10.9. The number of hydrogen-bond donors (Lipinski definition) is 2. The summed E-state index contributed by atoms with van der Waals surface area (Å²) in [6.45, 7) is 2.85. The molecule has 0 aliphatic rings. The lowest BCUT2D eigenvalue weighted by atomic mass is 10.0. The first-order valence-electron chi connectivity index (χ1n) is 8.80. The molecule has 4 aromatic rings. The predicted molar refractivity (Wildman–Crippen MR) is 109 cm³/mol. The summed E-state index contributed by atoms with van der Waals surface area (Å²) in [6, 6.07) is 15.2. The lowest BCUT2D eigenvalue weighted by molar-refractivity contribution is 0.102. The van der Waals surface area contributed by atoms with Crippen molar-refractivity contribution < 1.29 is 13.9 Å². The molecule has 0 unspecified atom stereocenters. The van der Waals surface area contributed by atoms with Gasteiger partial charge < -0.3 is 14.5 Å². The van der Waals surface area contributed by atoms with Crippen molar-refractivity contribution in [1.82, 2.24) is 10.2 Å². The Bertz CT molecular complexity index is 1090. The molecule has 28 heavy (non-hydrogen) atoms. The van der Waals surface area contributed by atoms with Gasteiger partial charge in [-0.15, -0.1) is 10.2 Å². The number of nitrogens with one attached hydrogen (secondary N) is 2. The number of anilines is 2. The minimum Gasteiger partial charge on any atom is -0.493 e. The third kappa shape index (κ3) is 3.81. The van der Waals surface area contributed by atoms with Crippen molar-refractivity contribution in [2.75, 3.05) is 17.2 Å². The largest absolute Gasteiger partial charge is 0.493 e. The van der Waals surface area contributed by atoms with Gasteiger partial charge in [0.25, 0.3) is 5.91 Å². The fourth-order valence-electron chi connectivity index (χ4n) is 2.84. The molecule has 8 heteroatoms. The second-order valence-electron chi connectivity index (χ2n) is 5.89. The highest BCUT2D eigenvalue weighted by atomic mass is 32.1. The first-order chi connectivity index (χ1) is 13.7. The van der Waals surface area contributed by atoms with Crippen LogP contribution in [0.25, 0.3) is 10.8 Å². The number of ether oxygens (including phenoxy) is 1. The van der Waals surface area contributed by atoms with Gasteiger partial charge in [-0.25, -0.2) is 0 Å². The number of hydrogen-bond acceptors (Lipinski definition) is 7. The zero-order valence-electron chi connectivity index (χ0n) is 15.1. The lowest BCUT2D eigenvalue weighted by Crippen LogP contribution is -2.14. The molecule has 4 rings (SSSR count). The van der Waals surface area contributed by atoms with Gasteiger partial charge in [-0.1, -0.05) is 41.7 Å². The van der Waals surface area contributed by atoms with Crippen molar-refractivity contribution in [2.45, 2.75) is 13.5 Å². The van der Waals surface area contributed by atoms with Crippen LogP contribution in [0.4, 0.5) is 10.3 Å². The number of furan rings is 1. The third-order valence-corrected chi connectivity index (χ3v) is 4.85. The molecule has 2 N–H and O–H groups in total. The molecule has 1 amide bonds. The van der Waals surface area contributed by atoms with Crippen LogP contribution in [0.2, 0.25) is 0 Å². The van der Waals surface area contributed by atoms with Crippen LogP contribution in [0.1, 0.15) is 23.0 Å². The molecule has 0 saturated heterocycles. The number of amides is 1. The molecule has 0 spiro atoms. The van der Waals surface area contributed by atoms with Gasteiger partial charge in [-0.3, -0.25) is 10.1 Å². The number of fused-ring (bicyclic) bond motifs is 1. The van der Waals surface area contributed by atoms with Gasteiger partial charge >= 0.3 is 0 Å². The second-order valence-corrected chi connectivity index (χ2v) is 6.87. The summed E-state index contributed by atoms with van der Waals surface area (Å²) in [4.78, 5) is 13.0. The van der Waals surface area contributed by atoms with Gasteiger partial charge in [0.2, 0.25) is 10.3 Å². The van der Waals surface area contributed by atoms with Crippen molar-refractivity contribution in [3.8, 4) is 5.75 Å². The van der Waals surface area contributed by atoms with Crippen LogP contribution < -0.4 is 15.4 Å². The topological polar surface area (TPSA) is 89.3 Å². The zero-order chi connectivity index (χ0) is 19.3. The van der Waals surface area contributed by atoms with E-state index in [0.29, 0.717) is 34.7 Å². The molecule has 2 aromatic heterocycles. The summed E-state index contributed by atoms with van der Waals surface area (Å²) in [6.07, 6.45) is 1.61. The van der Waals surface area contributed by atoms with Crippen LogP contribution in [0.5, 0.6) is 5.75 Å². The van der Waals surface area contributed by atoms with E-state index in [9.17, 15) is 4.79 Å². The maximum absolute atomic E-state index is 13.0. The number of carbonyl (C=O) groups is 1. The number of benzene rings is 2. The average Bonchev–Trinajstić information content (AvgIpc) is 3.38. The van der Waals surface area contributed by atoms with E-state index in [1.165, 1.54) is 11.3 Å². The fourth-order valence-corrected chi connectivity index (χ4v) is 3.48. The molecule has 0 fully saturated rings. The number of rotatable bonds is 7. The van der Waals surface area contributed by atoms with E-state index in [1.807, 2.05) is 55.5 Å². The maximum atomic E-state index is 13.0. The van der Waals surface area contributed by atoms with Gasteiger partial charge in [0.05, 0.1) is 25.0 Å². The van der Waals surface area contributed by atoms with Crippen LogP contribution in [-0.2, 0) is 6.54 Å². The Hall–Kier alpha value is -3.39. The minimum atomic E-state index is -0.283. The summed E-state index contributed by atoms with van der Waals surface area (Å²) in [5, 5.41) is 16.8. The van der Waals surface area contributed by atoms with E-state index < -0.39 is 0 Å². The van der Waals surface area contributed by atoms with Gasteiger partial charge in [0.15, 0.2) is 0 Å². The van der Waals surface area contributed by atoms with E-state index in [-0.39, 0.29) is 5.91 Å². The smallest absolute Gasteiger partial charge is 0.261 e. The first kappa shape index (κ1) is 18.0. The van der Waals surface area contributed by atoms with Crippen molar-refractivity contribution >= 4 is 38.3 Å². The Morgan fingerprint density at radius 1 is 1.11 bits per heavy atom. The van der Waals surface area contributed by atoms with Crippen molar-refractivity contribution in [3.63, 3.8) is 0 Å². The third-order valence-electron chi connectivity index (χ3n) is 4.06. The van der Waals surface area contributed by atoms with Crippen molar-refractivity contribution in [3.05, 3.63) is 66.1 Å². The Balaban J connectivity index is 1.54.